The Morgan fingerprint density at radius 1 is 1.25 bits per heavy atom. The summed E-state index contributed by atoms with van der Waals surface area (Å²) in [5.41, 5.74) is 0.601. The zero-order chi connectivity index (χ0) is 19.9. The fraction of sp³-hybridized carbons (Fsp3) is 0.409. The average molecular weight is 387 g/mol. The number of carbonyl (C=O) groups excluding carboxylic acids is 1. The fourth-order valence-electron chi connectivity index (χ4n) is 4.65. The van der Waals surface area contributed by atoms with E-state index in [1.807, 2.05) is 0 Å². The van der Waals surface area contributed by atoms with Crippen LogP contribution in [-0.2, 0) is 0 Å². The number of aromatic hydroxyl groups is 1. The van der Waals surface area contributed by atoms with Gasteiger partial charge in [-0.3, -0.25) is 9.69 Å². The van der Waals surface area contributed by atoms with Crippen LogP contribution in [0.2, 0.25) is 0 Å². The van der Waals surface area contributed by atoms with Gasteiger partial charge in [0.1, 0.15) is 11.6 Å². The second kappa shape index (κ2) is 7.17. The number of halogens is 2. The molecule has 4 rings (SSSR count). The minimum absolute atomic E-state index is 0.0103. The minimum atomic E-state index is -0.677. The maximum Gasteiger partial charge on any atom is 0.176 e. The number of rotatable bonds is 5. The Balaban J connectivity index is 1.35. The number of hydrogen-bond acceptors (Lipinski definition) is 4. The van der Waals surface area contributed by atoms with Crippen LogP contribution in [0.15, 0.2) is 42.5 Å². The molecular weight excluding hydrogens is 364 g/mol. The van der Waals surface area contributed by atoms with Crippen molar-refractivity contribution in [2.45, 2.75) is 25.9 Å². The SMILES string of the molecule is C[C@]12C[C@H](Oc3ccc(F)cc3F)C[C@H]1CN(CC(=O)c1ccc(O)cc1)C2. The molecule has 0 aromatic heterocycles. The van der Waals surface area contributed by atoms with Gasteiger partial charge >= 0.3 is 0 Å². The summed E-state index contributed by atoms with van der Waals surface area (Å²) in [4.78, 5) is 14.6. The quantitative estimate of drug-likeness (QED) is 0.787. The van der Waals surface area contributed by atoms with E-state index in [1.54, 1.807) is 12.1 Å². The summed E-state index contributed by atoms with van der Waals surface area (Å²) < 4.78 is 32.7. The van der Waals surface area contributed by atoms with Crippen LogP contribution in [0.4, 0.5) is 8.78 Å². The van der Waals surface area contributed by atoms with Crippen LogP contribution in [0, 0.1) is 23.0 Å². The Bertz CT molecular complexity index is 886. The first kappa shape index (κ1) is 18.9. The number of ether oxygens (including phenoxy) is 1. The third-order valence-electron chi connectivity index (χ3n) is 6.03. The second-order valence-corrected chi connectivity index (χ2v) is 8.25. The third-order valence-corrected chi connectivity index (χ3v) is 6.03. The highest BCUT2D eigenvalue weighted by Crippen LogP contribution is 2.49. The first-order valence-electron chi connectivity index (χ1n) is 9.49. The van der Waals surface area contributed by atoms with Crippen molar-refractivity contribution < 1.29 is 23.4 Å². The number of benzene rings is 2. The molecule has 3 atom stereocenters. The standard InChI is InChI=1S/C22H23F2NO3/c1-22-10-18(28-21-7-4-16(23)9-19(21)24)8-15(22)11-25(13-22)12-20(27)14-2-5-17(26)6-3-14/h2-7,9,15,18,26H,8,10-13H2,1H3/t15-,18+,22+/m0/s1. The normalized spacial score (nSPS) is 27.0. The molecule has 0 spiro atoms. The van der Waals surface area contributed by atoms with E-state index < -0.39 is 11.6 Å². The predicted octanol–water partition coefficient (Wildman–Crippen LogP) is 4.03. The Morgan fingerprint density at radius 3 is 2.68 bits per heavy atom. The molecule has 1 heterocycles. The van der Waals surface area contributed by atoms with Crippen molar-refractivity contribution in [1.82, 2.24) is 4.90 Å². The molecule has 1 aliphatic carbocycles. The molecule has 6 heteroatoms. The first-order valence-corrected chi connectivity index (χ1v) is 9.49. The smallest absolute Gasteiger partial charge is 0.176 e. The molecule has 0 unspecified atom stereocenters. The highest BCUT2D eigenvalue weighted by atomic mass is 19.1. The van der Waals surface area contributed by atoms with Crippen LogP contribution in [0.3, 0.4) is 0 Å². The number of ketones is 1. The van der Waals surface area contributed by atoms with E-state index in [2.05, 4.69) is 11.8 Å². The number of nitrogens with zero attached hydrogens (tertiary/aromatic N) is 1. The van der Waals surface area contributed by atoms with Crippen molar-refractivity contribution in [1.29, 1.82) is 0 Å². The Hall–Kier alpha value is -2.47. The van der Waals surface area contributed by atoms with Gasteiger partial charge in [-0.2, -0.15) is 0 Å². The van der Waals surface area contributed by atoms with Gasteiger partial charge in [-0.25, -0.2) is 8.78 Å². The zero-order valence-corrected chi connectivity index (χ0v) is 15.7. The van der Waals surface area contributed by atoms with E-state index in [1.165, 1.54) is 24.3 Å². The van der Waals surface area contributed by atoms with Crippen molar-refractivity contribution >= 4 is 5.78 Å². The number of hydrogen-bond donors (Lipinski definition) is 1. The van der Waals surface area contributed by atoms with Crippen LogP contribution in [0.5, 0.6) is 11.5 Å². The van der Waals surface area contributed by atoms with Crippen molar-refractivity contribution in [2.75, 3.05) is 19.6 Å². The summed E-state index contributed by atoms with van der Waals surface area (Å²) in [7, 11) is 0. The fourth-order valence-corrected chi connectivity index (χ4v) is 4.65. The van der Waals surface area contributed by atoms with Crippen molar-refractivity contribution in [3.63, 3.8) is 0 Å². The molecule has 1 N–H and O–H groups in total. The minimum Gasteiger partial charge on any atom is -0.508 e. The number of fused-ring (bicyclic) bond motifs is 1. The highest BCUT2D eigenvalue weighted by molar-refractivity contribution is 5.97. The van der Waals surface area contributed by atoms with E-state index in [9.17, 15) is 18.7 Å². The molecule has 2 aromatic rings. The number of likely N-dealkylation sites (tertiary alicyclic amines) is 1. The first-order chi connectivity index (χ1) is 13.3. The van der Waals surface area contributed by atoms with Gasteiger partial charge in [-0.05, 0) is 60.6 Å². The molecule has 2 fully saturated rings. The van der Waals surface area contributed by atoms with E-state index in [4.69, 9.17) is 4.74 Å². The van der Waals surface area contributed by atoms with Crippen LogP contribution in [0.25, 0.3) is 0 Å². The monoisotopic (exact) mass is 387 g/mol. The van der Waals surface area contributed by atoms with Crippen molar-refractivity contribution in [3.05, 3.63) is 59.7 Å². The molecule has 1 saturated carbocycles. The molecule has 2 aliphatic rings. The highest BCUT2D eigenvalue weighted by Gasteiger charge is 2.50. The summed E-state index contributed by atoms with van der Waals surface area (Å²) in [6.45, 7) is 4.11. The maximum atomic E-state index is 13.9. The van der Waals surface area contributed by atoms with Gasteiger partial charge in [-0.1, -0.05) is 6.92 Å². The van der Waals surface area contributed by atoms with Gasteiger partial charge in [0.05, 0.1) is 12.6 Å². The summed E-state index contributed by atoms with van der Waals surface area (Å²) >= 11 is 0. The van der Waals surface area contributed by atoms with Crippen molar-refractivity contribution in [2.24, 2.45) is 11.3 Å². The predicted molar refractivity (Wildman–Crippen MR) is 100 cm³/mol. The summed E-state index contributed by atoms with van der Waals surface area (Å²) in [5, 5.41) is 9.35. The van der Waals surface area contributed by atoms with Crippen LogP contribution < -0.4 is 4.74 Å². The molecule has 1 saturated heterocycles. The molecule has 0 bridgehead atoms. The zero-order valence-electron chi connectivity index (χ0n) is 15.7. The lowest BCUT2D eigenvalue weighted by Gasteiger charge is -2.24. The second-order valence-electron chi connectivity index (χ2n) is 8.25. The summed E-state index contributed by atoms with van der Waals surface area (Å²) in [6, 6.07) is 9.68. The van der Waals surface area contributed by atoms with Gasteiger partial charge in [0.25, 0.3) is 0 Å². The van der Waals surface area contributed by atoms with Crippen LogP contribution in [-0.4, -0.2) is 41.5 Å². The van der Waals surface area contributed by atoms with Gasteiger partial charge in [0.15, 0.2) is 17.3 Å². The average Bonchev–Trinajstić information content (AvgIpc) is 3.08. The lowest BCUT2D eigenvalue weighted by Crippen LogP contribution is -2.31. The molecule has 0 radical (unpaired) electrons. The van der Waals surface area contributed by atoms with Gasteiger partial charge in [-0.15, -0.1) is 0 Å². The van der Waals surface area contributed by atoms with E-state index in [-0.39, 0.29) is 28.8 Å². The third kappa shape index (κ3) is 3.74. The van der Waals surface area contributed by atoms with Gasteiger partial charge in [0, 0.05) is 24.7 Å². The molecule has 28 heavy (non-hydrogen) atoms. The topological polar surface area (TPSA) is 49.8 Å². The maximum absolute atomic E-state index is 13.9. The van der Waals surface area contributed by atoms with Crippen molar-refractivity contribution in [3.8, 4) is 11.5 Å². The number of carbonyl (C=O) groups is 1. The molecule has 0 amide bonds. The molecule has 1 aliphatic heterocycles. The number of phenolic OH excluding ortho intramolecular Hbond substituents is 1. The molecule has 2 aromatic carbocycles. The Labute approximate surface area is 162 Å². The Morgan fingerprint density at radius 2 is 2.00 bits per heavy atom. The summed E-state index contributed by atoms with van der Waals surface area (Å²) in [5.74, 6) is -0.659. The number of phenols is 1. The van der Waals surface area contributed by atoms with E-state index >= 15 is 0 Å². The molecule has 148 valence electrons. The van der Waals surface area contributed by atoms with Crippen LogP contribution in [0.1, 0.15) is 30.1 Å². The number of Topliss-reactive ketones (excluding diaryl/α,β-unsaturated/α-hetero) is 1. The lowest BCUT2D eigenvalue weighted by atomic mass is 9.83. The van der Waals surface area contributed by atoms with E-state index in [0.717, 1.165) is 32.0 Å². The Kier molecular flexibility index (Phi) is 4.83. The van der Waals surface area contributed by atoms with Gasteiger partial charge in [0.2, 0.25) is 0 Å². The summed E-state index contributed by atoms with van der Waals surface area (Å²) in [6.07, 6.45) is 1.46. The van der Waals surface area contributed by atoms with Crippen LogP contribution >= 0.6 is 0 Å². The van der Waals surface area contributed by atoms with E-state index in [0.29, 0.717) is 18.0 Å². The molecule has 4 nitrogen and oxygen atoms in total. The largest absolute Gasteiger partial charge is 0.508 e. The molecular formula is C22H23F2NO3. The lowest BCUT2D eigenvalue weighted by molar-refractivity contribution is 0.0930. The van der Waals surface area contributed by atoms with Gasteiger partial charge < -0.3 is 9.84 Å².